The third-order valence-corrected chi connectivity index (χ3v) is 9.38. The molecular weight excluding hydrogens is 574 g/mol. The van der Waals surface area contributed by atoms with E-state index in [2.05, 4.69) is 143 Å². The third-order valence-electron chi connectivity index (χ3n) is 9.38. The first-order valence-electron chi connectivity index (χ1n) is 16.1. The van der Waals surface area contributed by atoms with Crippen LogP contribution in [0, 0.1) is 0 Å². The maximum atomic E-state index is 11.1. The second-order valence-corrected chi connectivity index (χ2v) is 12.2. The van der Waals surface area contributed by atoms with Crippen LogP contribution >= 0.6 is 0 Å². The van der Waals surface area contributed by atoms with Crippen LogP contribution in [0.15, 0.2) is 145 Å². The van der Waals surface area contributed by atoms with Crippen molar-refractivity contribution in [2.24, 2.45) is 4.99 Å². The van der Waals surface area contributed by atoms with Crippen molar-refractivity contribution in [3.63, 3.8) is 0 Å². The first-order chi connectivity index (χ1) is 23.1. The normalized spacial score (nSPS) is 15.2. The molecule has 1 N–H and O–H groups in total. The molecule has 2 aliphatic heterocycles. The SMILES string of the molecule is C=C1c2cccc(-c3ccc(O)c(C4=C(C)CCN=C4)c3)c2N(c2ccccc2)C/C=C\c2c1c1ccccc1n2-c1ccccc1. The summed E-state index contributed by atoms with van der Waals surface area (Å²) in [6.45, 7) is 8.40. The number of phenols is 1. The van der Waals surface area contributed by atoms with Crippen molar-refractivity contribution in [2.75, 3.05) is 18.0 Å². The number of allylic oxidation sites excluding steroid dienone is 1. The zero-order valence-electron chi connectivity index (χ0n) is 26.4. The predicted molar refractivity (Wildman–Crippen MR) is 198 cm³/mol. The highest BCUT2D eigenvalue weighted by Crippen LogP contribution is 2.46. The Labute approximate surface area is 275 Å². The topological polar surface area (TPSA) is 40.8 Å². The molecule has 228 valence electrons. The number of hydrogen-bond acceptors (Lipinski definition) is 3. The molecule has 2 aliphatic rings. The Hall–Kier alpha value is -5.87. The molecule has 4 nitrogen and oxygen atoms in total. The number of benzene rings is 5. The lowest BCUT2D eigenvalue weighted by Gasteiger charge is -2.29. The van der Waals surface area contributed by atoms with E-state index in [0.717, 1.165) is 85.6 Å². The molecule has 0 atom stereocenters. The maximum Gasteiger partial charge on any atom is 0.123 e. The number of rotatable bonds is 4. The lowest BCUT2D eigenvalue weighted by atomic mass is 9.89. The summed E-state index contributed by atoms with van der Waals surface area (Å²) in [7, 11) is 0. The van der Waals surface area contributed by atoms with Crippen LogP contribution in [0.4, 0.5) is 11.4 Å². The Morgan fingerprint density at radius 1 is 0.745 bits per heavy atom. The van der Waals surface area contributed by atoms with Crippen LogP contribution < -0.4 is 4.90 Å². The second kappa shape index (κ2) is 11.8. The van der Waals surface area contributed by atoms with Gasteiger partial charge in [0.15, 0.2) is 0 Å². The summed E-state index contributed by atoms with van der Waals surface area (Å²) in [6, 6.07) is 42.2. The summed E-state index contributed by atoms with van der Waals surface area (Å²) in [5, 5.41) is 12.2. The van der Waals surface area contributed by atoms with E-state index in [1.54, 1.807) is 0 Å². The number of hydrogen-bond donors (Lipinski definition) is 1. The highest BCUT2D eigenvalue weighted by atomic mass is 16.3. The van der Waals surface area contributed by atoms with Gasteiger partial charge in [-0.05, 0) is 73.0 Å². The molecule has 0 radical (unpaired) electrons. The first kappa shape index (κ1) is 28.6. The van der Waals surface area contributed by atoms with E-state index < -0.39 is 0 Å². The lowest BCUT2D eigenvalue weighted by molar-refractivity contribution is 0.474. The molecule has 47 heavy (non-hydrogen) atoms. The second-order valence-electron chi connectivity index (χ2n) is 12.2. The van der Waals surface area contributed by atoms with Crippen LogP contribution in [0.25, 0.3) is 44.9 Å². The zero-order valence-corrected chi connectivity index (χ0v) is 26.4. The average molecular weight is 610 g/mol. The molecule has 0 aliphatic carbocycles. The summed E-state index contributed by atoms with van der Waals surface area (Å²) in [4.78, 5) is 6.92. The summed E-state index contributed by atoms with van der Waals surface area (Å²) in [6.07, 6.45) is 7.32. The van der Waals surface area contributed by atoms with Crippen molar-refractivity contribution in [3.8, 4) is 22.6 Å². The van der Waals surface area contributed by atoms with Crippen LogP contribution in [0.1, 0.15) is 35.7 Å². The zero-order chi connectivity index (χ0) is 31.9. The predicted octanol–water partition coefficient (Wildman–Crippen LogP) is 10.5. The Morgan fingerprint density at radius 2 is 1.47 bits per heavy atom. The van der Waals surface area contributed by atoms with Gasteiger partial charge in [-0.2, -0.15) is 0 Å². The Bertz CT molecular complexity index is 2250. The standard InChI is InChI=1S/C43H35N3O/c1-29-24-25-44-28-38(29)37-27-31(22-23-41(37)47)35-19-11-18-34-30(2)42-36-17-9-10-20-39(36)46(33-15-7-4-8-16-33)40(42)21-12-26-45(43(34)35)32-13-5-3-6-14-32/h3-23,27-28,47H,2,24-26H2,1H3/b21-12-. The van der Waals surface area contributed by atoms with Gasteiger partial charge in [-0.1, -0.05) is 97.1 Å². The molecular formula is C43H35N3O. The van der Waals surface area contributed by atoms with E-state index in [1.165, 1.54) is 5.57 Å². The van der Waals surface area contributed by atoms with Gasteiger partial charge in [-0.3, -0.25) is 4.99 Å². The van der Waals surface area contributed by atoms with Crippen LogP contribution in [-0.4, -0.2) is 29.0 Å². The van der Waals surface area contributed by atoms with Crippen LogP contribution in [-0.2, 0) is 0 Å². The maximum absolute atomic E-state index is 11.1. The number of phenolic OH excluding ortho intramolecular Hbond substituents is 1. The minimum Gasteiger partial charge on any atom is -0.507 e. The van der Waals surface area contributed by atoms with Gasteiger partial charge in [-0.25, -0.2) is 0 Å². The Morgan fingerprint density at radius 3 is 2.26 bits per heavy atom. The molecule has 0 unspecified atom stereocenters. The molecule has 0 amide bonds. The van der Waals surface area contributed by atoms with Crippen molar-refractivity contribution in [1.82, 2.24) is 4.57 Å². The van der Waals surface area contributed by atoms with E-state index in [1.807, 2.05) is 18.3 Å². The quantitative estimate of drug-likeness (QED) is 0.216. The number of aliphatic imine (C=N–C) groups is 1. The van der Waals surface area contributed by atoms with Crippen molar-refractivity contribution >= 4 is 45.7 Å². The number of fused-ring (bicyclic) bond motifs is 4. The van der Waals surface area contributed by atoms with Crippen molar-refractivity contribution in [1.29, 1.82) is 0 Å². The summed E-state index contributed by atoms with van der Waals surface area (Å²) >= 11 is 0. The monoisotopic (exact) mass is 609 g/mol. The van der Waals surface area contributed by atoms with Gasteiger partial charge in [-0.15, -0.1) is 0 Å². The largest absolute Gasteiger partial charge is 0.507 e. The van der Waals surface area contributed by atoms with Gasteiger partial charge in [0, 0.05) is 63.9 Å². The minimum absolute atomic E-state index is 0.262. The molecule has 0 bridgehead atoms. The smallest absolute Gasteiger partial charge is 0.123 e. The molecule has 0 saturated carbocycles. The molecule has 6 aromatic rings. The van der Waals surface area contributed by atoms with E-state index in [9.17, 15) is 5.11 Å². The van der Waals surface area contributed by atoms with Crippen LogP contribution in [0.2, 0.25) is 0 Å². The number of para-hydroxylation sites is 4. The minimum atomic E-state index is 0.262. The van der Waals surface area contributed by atoms with Gasteiger partial charge in [0.2, 0.25) is 0 Å². The van der Waals surface area contributed by atoms with Crippen molar-refractivity contribution in [2.45, 2.75) is 13.3 Å². The van der Waals surface area contributed by atoms with E-state index >= 15 is 0 Å². The molecule has 5 aromatic carbocycles. The Kier molecular flexibility index (Phi) is 7.18. The molecule has 1 aromatic heterocycles. The summed E-state index contributed by atoms with van der Waals surface area (Å²) < 4.78 is 2.35. The fourth-order valence-electron chi connectivity index (χ4n) is 7.09. The molecule has 0 fully saturated rings. The summed E-state index contributed by atoms with van der Waals surface area (Å²) in [5.41, 5.74) is 13.8. The van der Waals surface area contributed by atoms with Gasteiger partial charge in [0.05, 0.1) is 16.9 Å². The first-order valence-corrected chi connectivity index (χ1v) is 16.1. The lowest BCUT2D eigenvalue weighted by Crippen LogP contribution is -2.19. The Balaban J connectivity index is 1.41. The molecule has 0 spiro atoms. The van der Waals surface area contributed by atoms with Crippen LogP contribution in [0.3, 0.4) is 0 Å². The number of aromatic nitrogens is 1. The van der Waals surface area contributed by atoms with Gasteiger partial charge < -0.3 is 14.6 Å². The highest BCUT2D eigenvalue weighted by molar-refractivity contribution is 6.13. The number of dihydropyridines is 1. The average Bonchev–Trinajstić information content (AvgIpc) is 3.47. The molecule has 3 heterocycles. The highest BCUT2D eigenvalue weighted by Gasteiger charge is 2.26. The van der Waals surface area contributed by atoms with Crippen molar-refractivity contribution in [3.05, 3.63) is 162 Å². The van der Waals surface area contributed by atoms with Gasteiger partial charge >= 0.3 is 0 Å². The number of aromatic hydroxyl groups is 1. The molecule has 0 saturated heterocycles. The number of anilines is 2. The van der Waals surface area contributed by atoms with Gasteiger partial charge in [0.25, 0.3) is 0 Å². The molecule has 8 rings (SSSR count). The summed E-state index contributed by atoms with van der Waals surface area (Å²) in [5.74, 6) is 0.262. The molecule has 4 heteroatoms. The van der Waals surface area contributed by atoms with E-state index in [-0.39, 0.29) is 5.75 Å². The van der Waals surface area contributed by atoms with Gasteiger partial charge in [0.1, 0.15) is 5.75 Å². The van der Waals surface area contributed by atoms with E-state index in [4.69, 9.17) is 6.58 Å². The number of nitrogens with zero attached hydrogens (tertiary/aromatic N) is 3. The fraction of sp³-hybridized carbons (Fsp3) is 0.0930. The van der Waals surface area contributed by atoms with E-state index in [0.29, 0.717) is 6.54 Å². The third kappa shape index (κ3) is 4.90. The fourth-order valence-corrected chi connectivity index (χ4v) is 7.09. The van der Waals surface area contributed by atoms with Crippen molar-refractivity contribution < 1.29 is 5.11 Å². The van der Waals surface area contributed by atoms with Crippen LogP contribution in [0.5, 0.6) is 5.75 Å².